The van der Waals surface area contributed by atoms with E-state index in [1.807, 2.05) is 0 Å². The maximum atomic E-state index is 11.8. The molecule has 1 aliphatic rings. The van der Waals surface area contributed by atoms with Crippen LogP contribution in [0.3, 0.4) is 0 Å². The van der Waals surface area contributed by atoms with Crippen molar-refractivity contribution in [2.24, 2.45) is 5.92 Å². The van der Waals surface area contributed by atoms with Gasteiger partial charge in [-0.05, 0) is 19.3 Å². The van der Waals surface area contributed by atoms with Crippen molar-refractivity contribution >= 4 is 10.0 Å². The van der Waals surface area contributed by atoms with E-state index in [1.165, 1.54) is 31.9 Å². The highest BCUT2D eigenvalue weighted by atomic mass is 32.2. The van der Waals surface area contributed by atoms with Gasteiger partial charge >= 0.3 is 0 Å². The molecule has 0 atom stereocenters. The molecule has 1 aromatic rings. The van der Waals surface area contributed by atoms with E-state index in [-0.39, 0.29) is 5.03 Å². The zero-order chi connectivity index (χ0) is 12.3. The van der Waals surface area contributed by atoms with Crippen LogP contribution in [0.1, 0.15) is 37.9 Å². The molecular weight excluding hydrogens is 238 g/mol. The Morgan fingerprint density at radius 3 is 2.76 bits per heavy atom. The fraction of sp³-hybridized carbons (Fsp3) is 0.727. The van der Waals surface area contributed by atoms with Crippen molar-refractivity contribution in [3.63, 3.8) is 0 Å². The third-order valence-corrected chi connectivity index (χ3v) is 4.66. The lowest BCUT2D eigenvalue weighted by Crippen LogP contribution is -2.26. The first-order valence-electron chi connectivity index (χ1n) is 6.09. The molecule has 0 unspecified atom stereocenters. The monoisotopic (exact) mass is 257 g/mol. The first kappa shape index (κ1) is 12.6. The molecule has 5 nitrogen and oxygen atoms in total. The molecule has 1 aliphatic carbocycles. The Hall–Kier alpha value is -0.880. The van der Waals surface area contributed by atoms with E-state index < -0.39 is 10.0 Å². The summed E-state index contributed by atoms with van der Waals surface area (Å²) in [6.45, 7) is 2.25. The summed E-state index contributed by atoms with van der Waals surface area (Å²) in [4.78, 5) is 6.63. The van der Waals surface area contributed by atoms with Gasteiger partial charge in [0.2, 0.25) is 0 Å². The van der Waals surface area contributed by atoms with Gasteiger partial charge in [-0.25, -0.2) is 18.1 Å². The number of sulfonamides is 1. The summed E-state index contributed by atoms with van der Waals surface area (Å²) in [5.74, 6) is 1.31. The predicted molar refractivity (Wildman–Crippen MR) is 65.1 cm³/mol. The number of hydrogen-bond donors (Lipinski definition) is 2. The summed E-state index contributed by atoms with van der Waals surface area (Å²) in [7, 11) is -3.40. The quantitative estimate of drug-likeness (QED) is 0.841. The Labute approximate surface area is 102 Å². The van der Waals surface area contributed by atoms with Crippen molar-refractivity contribution in [2.45, 2.75) is 44.1 Å². The molecule has 0 amide bonds. The molecule has 1 fully saturated rings. The van der Waals surface area contributed by atoms with Gasteiger partial charge in [0.05, 0.1) is 6.20 Å². The second kappa shape index (κ2) is 5.18. The van der Waals surface area contributed by atoms with Gasteiger partial charge < -0.3 is 4.98 Å². The molecule has 96 valence electrons. The molecule has 0 aromatic carbocycles. The van der Waals surface area contributed by atoms with Crippen LogP contribution in [0.2, 0.25) is 0 Å². The van der Waals surface area contributed by atoms with E-state index in [2.05, 4.69) is 14.7 Å². The number of aromatic amines is 1. The topological polar surface area (TPSA) is 74.8 Å². The van der Waals surface area contributed by atoms with Crippen LogP contribution in [-0.2, 0) is 10.0 Å². The van der Waals surface area contributed by atoms with Crippen LogP contribution in [0.25, 0.3) is 0 Å². The van der Waals surface area contributed by atoms with Crippen molar-refractivity contribution in [3.05, 3.63) is 12.0 Å². The van der Waals surface area contributed by atoms with Gasteiger partial charge in [-0.2, -0.15) is 0 Å². The molecule has 1 saturated carbocycles. The lowest BCUT2D eigenvalue weighted by molar-refractivity contribution is 0.495. The lowest BCUT2D eigenvalue weighted by atomic mass is 10.1. The first-order chi connectivity index (χ1) is 8.08. The number of H-pyrrole nitrogens is 1. The van der Waals surface area contributed by atoms with Gasteiger partial charge in [0.15, 0.2) is 5.03 Å². The van der Waals surface area contributed by atoms with Crippen LogP contribution in [0.15, 0.2) is 11.2 Å². The van der Waals surface area contributed by atoms with Crippen LogP contribution in [0, 0.1) is 12.8 Å². The molecule has 17 heavy (non-hydrogen) atoms. The van der Waals surface area contributed by atoms with Crippen molar-refractivity contribution in [1.29, 1.82) is 0 Å². The van der Waals surface area contributed by atoms with Crippen molar-refractivity contribution in [1.82, 2.24) is 14.7 Å². The molecule has 1 heterocycles. The van der Waals surface area contributed by atoms with Gasteiger partial charge in [-0.15, -0.1) is 0 Å². The summed E-state index contributed by atoms with van der Waals surface area (Å²) in [5.41, 5.74) is 0. The maximum absolute atomic E-state index is 11.8. The van der Waals surface area contributed by atoms with E-state index in [9.17, 15) is 8.42 Å². The number of rotatable bonds is 5. The van der Waals surface area contributed by atoms with Crippen LogP contribution in [0.4, 0.5) is 0 Å². The fourth-order valence-corrected chi connectivity index (χ4v) is 3.32. The smallest absolute Gasteiger partial charge is 0.257 e. The van der Waals surface area contributed by atoms with Gasteiger partial charge in [-0.3, -0.25) is 0 Å². The Morgan fingerprint density at radius 2 is 2.18 bits per heavy atom. The average Bonchev–Trinajstić information content (AvgIpc) is 2.89. The Bertz CT molecular complexity index is 461. The highest BCUT2D eigenvalue weighted by Gasteiger charge is 2.18. The molecule has 0 radical (unpaired) electrons. The van der Waals surface area contributed by atoms with Crippen LogP contribution in [0.5, 0.6) is 0 Å². The largest absolute Gasteiger partial charge is 0.332 e. The molecule has 1 aromatic heterocycles. The summed E-state index contributed by atoms with van der Waals surface area (Å²) in [6, 6.07) is 0. The third-order valence-electron chi connectivity index (χ3n) is 3.29. The minimum atomic E-state index is -3.40. The normalized spacial score (nSPS) is 17.7. The Kier molecular flexibility index (Phi) is 3.83. The van der Waals surface area contributed by atoms with Crippen molar-refractivity contribution in [2.75, 3.05) is 6.54 Å². The first-order valence-corrected chi connectivity index (χ1v) is 7.57. The van der Waals surface area contributed by atoms with Crippen LogP contribution < -0.4 is 4.72 Å². The Morgan fingerprint density at radius 1 is 1.47 bits per heavy atom. The van der Waals surface area contributed by atoms with Gasteiger partial charge in [-0.1, -0.05) is 25.7 Å². The van der Waals surface area contributed by atoms with E-state index in [0.717, 1.165) is 6.42 Å². The summed E-state index contributed by atoms with van der Waals surface area (Å²) in [6.07, 6.45) is 7.35. The molecule has 0 spiro atoms. The predicted octanol–water partition coefficient (Wildman–Crippen LogP) is 1.58. The molecule has 0 saturated heterocycles. The van der Waals surface area contributed by atoms with E-state index in [4.69, 9.17) is 0 Å². The second-order valence-electron chi connectivity index (χ2n) is 4.67. The summed E-state index contributed by atoms with van der Waals surface area (Å²) >= 11 is 0. The third kappa shape index (κ3) is 3.29. The number of nitrogens with zero attached hydrogens (tertiary/aromatic N) is 1. The number of imidazole rings is 1. The molecule has 2 rings (SSSR count). The molecule has 2 N–H and O–H groups in total. The standard InChI is InChI=1S/C11H19N3O2S/c1-9-12-8-11(14-9)17(15,16)13-7-6-10-4-2-3-5-10/h8,10,13H,2-7H2,1H3,(H,12,14). The highest BCUT2D eigenvalue weighted by Crippen LogP contribution is 2.27. The molecule has 6 heteroatoms. The molecular formula is C11H19N3O2S. The highest BCUT2D eigenvalue weighted by molar-refractivity contribution is 7.89. The minimum Gasteiger partial charge on any atom is -0.332 e. The molecule has 0 aliphatic heterocycles. The van der Waals surface area contributed by atoms with E-state index >= 15 is 0 Å². The number of aromatic nitrogens is 2. The van der Waals surface area contributed by atoms with Crippen LogP contribution >= 0.6 is 0 Å². The van der Waals surface area contributed by atoms with Gasteiger partial charge in [0.25, 0.3) is 10.0 Å². The van der Waals surface area contributed by atoms with E-state index in [1.54, 1.807) is 6.92 Å². The molecule has 0 bridgehead atoms. The zero-order valence-electron chi connectivity index (χ0n) is 10.1. The van der Waals surface area contributed by atoms with Crippen molar-refractivity contribution < 1.29 is 8.42 Å². The Balaban J connectivity index is 1.85. The summed E-state index contributed by atoms with van der Waals surface area (Å²) < 4.78 is 26.3. The van der Waals surface area contributed by atoms with Crippen LogP contribution in [-0.4, -0.2) is 24.9 Å². The zero-order valence-corrected chi connectivity index (χ0v) is 10.9. The number of aryl methyl sites for hydroxylation is 1. The minimum absolute atomic E-state index is 0.154. The van der Waals surface area contributed by atoms with Gasteiger partial charge in [0.1, 0.15) is 5.82 Å². The lowest BCUT2D eigenvalue weighted by Gasteiger charge is -2.09. The van der Waals surface area contributed by atoms with E-state index in [0.29, 0.717) is 18.3 Å². The summed E-state index contributed by atoms with van der Waals surface area (Å²) in [5, 5.41) is 0.154. The number of hydrogen-bond acceptors (Lipinski definition) is 3. The maximum Gasteiger partial charge on any atom is 0.257 e. The number of nitrogens with one attached hydrogen (secondary N) is 2. The van der Waals surface area contributed by atoms with Gasteiger partial charge in [0, 0.05) is 6.54 Å². The second-order valence-corrected chi connectivity index (χ2v) is 6.41. The van der Waals surface area contributed by atoms with Crippen molar-refractivity contribution in [3.8, 4) is 0 Å². The average molecular weight is 257 g/mol. The SMILES string of the molecule is Cc1ncc(S(=O)(=O)NCCC2CCCC2)[nH]1. The fourth-order valence-electron chi connectivity index (χ4n) is 2.31.